The quantitative estimate of drug-likeness (QED) is 0.914. The number of hydrogen-bond donors (Lipinski definition) is 1. The Morgan fingerprint density at radius 2 is 2.30 bits per heavy atom. The van der Waals surface area contributed by atoms with Gasteiger partial charge in [0.25, 0.3) is 0 Å². The van der Waals surface area contributed by atoms with Crippen LogP contribution in [0.15, 0.2) is 22.7 Å². The van der Waals surface area contributed by atoms with E-state index in [2.05, 4.69) is 21.2 Å². The second-order valence-corrected chi connectivity index (χ2v) is 5.65. The number of carbonyl (C=O) groups is 2. The summed E-state index contributed by atoms with van der Waals surface area (Å²) in [5, 5.41) is 2.85. The number of hydrogen-bond acceptors (Lipinski definition) is 3. The van der Waals surface area contributed by atoms with Gasteiger partial charge in [-0.3, -0.25) is 9.59 Å². The number of amides is 2. The molecule has 108 valence electrons. The van der Waals surface area contributed by atoms with Crippen molar-refractivity contribution in [3.05, 3.63) is 22.7 Å². The lowest BCUT2D eigenvalue weighted by atomic mass is 10.1. The van der Waals surface area contributed by atoms with Crippen LogP contribution < -0.4 is 10.1 Å². The Balaban J connectivity index is 2.11. The van der Waals surface area contributed by atoms with E-state index in [1.165, 1.54) is 0 Å². The zero-order valence-corrected chi connectivity index (χ0v) is 13.1. The van der Waals surface area contributed by atoms with E-state index in [1.807, 2.05) is 13.0 Å². The molecule has 0 aliphatic carbocycles. The van der Waals surface area contributed by atoms with Crippen LogP contribution in [0.2, 0.25) is 0 Å². The van der Waals surface area contributed by atoms with Gasteiger partial charge in [-0.15, -0.1) is 0 Å². The molecule has 0 bridgehead atoms. The van der Waals surface area contributed by atoms with Crippen LogP contribution in [0.4, 0.5) is 5.69 Å². The molecule has 1 aliphatic rings. The van der Waals surface area contributed by atoms with Crippen molar-refractivity contribution in [3.63, 3.8) is 0 Å². The first-order valence-electron chi connectivity index (χ1n) is 6.48. The fourth-order valence-electron chi connectivity index (χ4n) is 2.16. The number of carbonyl (C=O) groups excluding carboxylic acids is 2. The van der Waals surface area contributed by atoms with E-state index >= 15 is 0 Å². The average molecular weight is 341 g/mol. The summed E-state index contributed by atoms with van der Waals surface area (Å²) in [5.41, 5.74) is 0.619. The minimum Gasteiger partial charge on any atom is -0.492 e. The van der Waals surface area contributed by atoms with Gasteiger partial charge in [0.2, 0.25) is 11.8 Å². The molecule has 1 aliphatic heterocycles. The zero-order chi connectivity index (χ0) is 14.7. The van der Waals surface area contributed by atoms with E-state index in [1.54, 1.807) is 24.1 Å². The van der Waals surface area contributed by atoms with Crippen molar-refractivity contribution in [2.75, 3.05) is 25.5 Å². The Kier molecular flexibility index (Phi) is 4.65. The monoisotopic (exact) mass is 340 g/mol. The summed E-state index contributed by atoms with van der Waals surface area (Å²) in [6.45, 7) is 2.87. The number of anilines is 1. The maximum absolute atomic E-state index is 12.2. The largest absolute Gasteiger partial charge is 0.492 e. The van der Waals surface area contributed by atoms with Crippen LogP contribution in [0.3, 0.4) is 0 Å². The van der Waals surface area contributed by atoms with Crippen molar-refractivity contribution < 1.29 is 14.3 Å². The first-order valence-corrected chi connectivity index (χ1v) is 7.27. The molecular formula is C14H17BrN2O3. The number of rotatable bonds is 4. The number of likely N-dealkylation sites (tertiary alicyclic amines) is 1. The highest BCUT2D eigenvalue weighted by Crippen LogP contribution is 2.29. The summed E-state index contributed by atoms with van der Waals surface area (Å²) in [7, 11) is 1.71. The molecular weight excluding hydrogens is 324 g/mol. The molecule has 0 aromatic heterocycles. The van der Waals surface area contributed by atoms with Gasteiger partial charge in [0.1, 0.15) is 5.75 Å². The maximum atomic E-state index is 12.2. The van der Waals surface area contributed by atoms with Crippen LogP contribution in [0.1, 0.15) is 13.3 Å². The summed E-state index contributed by atoms with van der Waals surface area (Å²) < 4.78 is 6.34. The minimum absolute atomic E-state index is 0.00410. The summed E-state index contributed by atoms with van der Waals surface area (Å²) in [6, 6.07) is 5.45. The smallest absolute Gasteiger partial charge is 0.229 e. The van der Waals surface area contributed by atoms with E-state index in [9.17, 15) is 9.59 Å². The Morgan fingerprint density at radius 1 is 1.55 bits per heavy atom. The lowest BCUT2D eigenvalue weighted by molar-refractivity contribution is -0.127. The summed E-state index contributed by atoms with van der Waals surface area (Å²) in [5.74, 6) is 0.175. The third-order valence-corrected chi connectivity index (χ3v) is 3.70. The Labute approximate surface area is 126 Å². The molecule has 0 saturated carbocycles. The van der Waals surface area contributed by atoms with Crippen molar-refractivity contribution >= 4 is 33.4 Å². The Hall–Kier alpha value is -1.56. The third-order valence-electron chi connectivity index (χ3n) is 3.21. The molecule has 20 heavy (non-hydrogen) atoms. The van der Waals surface area contributed by atoms with Crippen LogP contribution in [0.5, 0.6) is 5.75 Å². The molecule has 1 aromatic carbocycles. The average Bonchev–Trinajstić information content (AvgIpc) is 2.73. The number of nitrogens with zero attached hydrogens (tertiary/aromatic N) is 1. The van der Waals surface area contributed by atoms with Gasteiger partial charge in [0.05, 0.1) is 18.2 Å². The van der Waals surface area contributed by atoms with Crippen molar-refractivity contribution in [3.8, 4) is 5.75 Å². The summed E-state index contributed by atoms with van der Waals surface area (Å²) in [6.07, 6.45) is 0.264. The molecule has 2 rings (SSSR count). The maximum Gasteiger partial charge on any atom is 0.229 e. The molecule has 1 atom stereocenters. The minimum atomic E-state index is -0.305. The van der Waals surface area contributed by atoms with Gasteiger partial charge in [-0.05, 0) is 25.1 Å². The molecule has 5 nitrogen and oxygen atoms in total. The fourth-order valence-corrected chi connectivity index (χ4v) is 2.52. The van der Waals surface area contributed by atoms with Crippen LogP contribution in [-0.2, 0) is 9.59 Å². The summed E-state index contributed by atoms with van der Waals surface area (Å²) >= 11 is 3.37. The zero-order valence-electron chi connectivity index (χ0n) is 11.5. The van der Waals surface area contributed by atoms with Gasteiger partial charge >= 0.3 is 0 Å². The second-order valence-electron chi connectivity index (χ2n) is 4.74. The normalized spacial score (nSPS) is 18.2. The van der Waals surface area contributed by atoms with E-state index in [4.69, 9.17) is 4.74 Å². The highest BCUT2D eigenvalue weighted by Gasteiger charge is 2.32. The fraction of sp³-hybridized carbons (Fsp3) is 0.429. The number of benzene rings is 1. The van der Waals surface area contributed by atoms with E-state index in [0.29, 0.717) is 24.6 Å². The van der Waals surface area contributed by atoms with Crippen molar-refractivity contribution in [1.82, 2.24) is 4.90 Å². The van der Waals surface area contributed by atoms with E-state index < -0.39 is 0 Å². The topological polar surface area (TPSA) is 58.6 Å². The van der Waals surface area contributed by atoms with Gasteiger partial charge in [-0.2, -0.15) is 0 Å². The highest BCUT2D eigenvalue weighted by molar-refractivity contribution is 9.10. The molecule has 2 amide bonds. The van der Waals surface area contributed by atoms with Crippen LogP contribution in [-0.4, -0.2) is 36.9 Å². The first kappa shape index (κ1) is 14.8. The van der Waals surface area contributed by atoms with Crippen molar-refractivity contribution in [1.29, 1.82) is 0 Å². The molecule has 0 radical (unpaired) electrons. The van der Waals surface area contributed by atoms with Gasteiger partial charge < -0.3 is 15.0 Å². The van der Waals surface area contributed by atoms with Crippen molar-refractivity contribution in [2.24, 2.45) is 5.92 Å². The lowest BCUT2D eigenvalue weighted by Gasteiger charge is -2.14. The molecule has 1 fully saturated rings. The first-order chi connectivity index (χ1) is 9.51. The van der Waals surface area contributed by atoms with Crippen molar-refractivity contribution in [2.45, 2.75) is 13.3 Å². The predicted octanol–water partition coefficient (Wildman–Crippen LogP) is 2.26. The molecule has 1 aromatic rings. The van der Waals surface area contributed by atoms with Gasteiger partial charge in [-0.25, -0.2) is 0 Å². The predicted molar refractivity (Wildman–Crippen MR) is 79.7 cm³/mol. The van der Waals surface area contributed by atoms with Crippen LogP contribution >= 0.6 is 15.9 Å². The SMILES string of the molecule is CCOc1ccc(Br)cc1NC(=O)C1CC(=O)N(C)C1. The van der Waals surface area contributed by atoms with Gasteiger partial charge in [-0.1, -0.05) is 15.9 Å². The van der Waals surface area contributed by atoms with Gasteiger partial charge in [0, 0.05) is 24.5 Å². The Morgan fingerprint density at radius 3 is 2.90 bits per heavy atom. The van der Waals surface area contributed by atoms with Crippen LogP contribution in [0.25, 0.3) is 0 Å². The molecule has 1 heterocycles. The standard InChI is InChI=1S/C14H17BrN2O3/c1-3-20-12-5-4-10(15)7-11(12)16-14(19)9-6-13(18)17(2)8-9/h4-5,7,9H,3,6,8H2,1-2H3,(H,16,19). The van der Waals surface area contributed by atoms with E-state index in [0.717, 1.165) is 4.47 Å². The number of ether oxygens (including phenoxy) is 1. The molecule has 1 unspecified atom stereocenters. The molecule has 0 spiro atoms. The van der Waals surface area contributed by atoms with Crippen LogP contribution in [0, 0.1) is 5.92 Å². The van der Waals surface area contributed by atoms with Gasteiger partial charge in [0.15, 0.2) is 0 Å². The second kappa shape index (κ2) is 6.26. The molecule has 6 heteroatoms. The number of nitrogens with one attached hydrogen (secondary N) is 1. The van der Waals surface area contributed by atoms with E-state index in [-0.39, 0.29) is 24.2 Å². The number of halogens is 1. The highest BCUT2D eigenvalue weighted by atomic mass is 79.9. The summed E-state index contributed by atoms with van der Waals surface area (Å²) in [4.78, 5) is 25.3. The Bertz CT molecular complexity index is 533. The molecule has 1 N–H and O–H groups in total. The lowest BCUT2D eigenvalue weighted by Crippen LogP contribution is -2.26. The third kappa shape index (κ3) is 3.30. The molecule has 1 saturated heterocycles.